The van der Waals surface area contributed by atoms with E-state index in [-0.39, 0.29) is 5.91 Å². The van der Waals surface area contributed by atoms with Gasteiger partial charge in [-0.15, -0.1) is 0 Å². The number of amides is 1. The average molecular weight is 385 g/mol. The van der Waals surface area contributed by atoms with Crippen molar-refractivity contribution >= 4 is 46.3 Å². The monoisotopic (exact) mass is 385 g/mol. The first-order valence-electron chi connectivity index (χ1n) is 7.85. The highest BCUT2D eigenvalue weighted by Crippen LogP contribution is 2.32. The zero-order valence-electron chi connectivity index (χ0n) is 13.9. The summed E-state index contributed by atoms with van der Waals surface area (Å²) < 4.78 is 11.5. The number of esters is 1. The van der Waals surface area contributed by atoms with Crippen LogP contribution in [0.3, 0.4) is 0 Å². The first kappa shape index (κ1) is 18.2. The fraction of sp³-hybridized carbons (Fsp3) is 0.105. The molecule has 1 amide bonds. The van der Waals surface area contributed by atoms with Gasteiger partial charge in [0.15, 0.2) is 11.5 Å². The van der Waals surface area contributed by atoms with Crippen LogP contribution in [0.15, 0.2) is 53.4 Å². The molecule has 1 saturated heterocycles. The summed E-state index contributed by atoms with van der Waals surface area (Å²) in [6.07, 6.45) is 1.71. The number of ether oxygens (including phenoxy) is 2. The summed E-state index contributed by atoms with van der Waals surface area (Å²) in [7, 11) is 0. The first-order valence-corrected chi connectivity index (χ1v) is 9.08. The molecular weight excluding hydrogens is 370 g/mol. The number of hydrogen-bond acceptors (Lipinski definition) is 6. The Morgan fingerprint density at radius 1 is 1.19 bits per heavy atom. The second kappa shape index (κ2) is 8.16. The molecule has 2 aromatic rings. The van der Waals surface area contributed by atoms with Crippen LogP contribution in [0.25, 0.3) is 6.08 Å². The molecule has 0 spiro atoms. The Bertz CT molecular complexity index is 894. The highest BCUT2D eigenvalue weighted by atomic mass is 32.2. The summed E-state index contributed by atoms with van der Waals surface area (Å²) in [5.74, 6) is 0.0605. The number of hydrogen-bond donors (Lipinski definition) is 1. The maximum absolute atomic E-state index is 12.3. The van der Waals surface area contributed by atoms with Crippen molar-refractivity contribution in [2.45, 2.75) is 6.92 Å². The average Bonchev–Trinajstić information content (AvgIpc) is 2.95. The number of thiocarbonyl (C=S) groups is 1. The molecule has 1 aliphatic rings. The van der Waals surface area contributed by atoms with Gasteiger partial charge in [-0.3, -0.25) is 4.79 Å². The highest BCUT2D eigenvalue weighted by molar-refractivity contribution is 8.26. The lowest BCUT2D eigenvalue weighted by Gasteiger charge is -2.11. The first-order chi connectivity index (χ1) is 12.6. The van der Waals surface area contributed by atoms with Gasteiger partial charge in [0.1, 0.15) is 4.32 Å². The van der Waals surface area contributed by atoms with Crippen LogP contribution < -0.4 is 14.8 Å². The quantitative estimate of drug-likeness (QED) is 0.366. The number of rotatable bonds is 5. The highest BCUT2D eigenvalue weighted by Gasteiger charge is 2.22. The minimum Gasteiger partial charge on any atom is -0.490 e. The van der Waals surface area contributed by atoms with E-state index in [4.69, 9.17) is 21.7 Å². The lowest BCUT2D eigenvalue weighted by Crippen LogP contribution is -2.17. The van der Waals surface area contributed by atoms with Gasteiger partial charge in [0.2, 0.25) is 0 Å². The normalized spacial score (nSPS) is 15.0. The van der Waals surface area contributed by atoms with Crippen molar-refractivity contribution in [3.8, 4) is 11.5 Å². The van der Waals surface area contributed by atoms with Gasteiger partial charge in [-0.2, -0.15) is 0 Å². The second-order valence-electron chi connectivity index (χ2n) is 5.25. The molecule has 26 heavy (non-hydrogen) atoms. The zero-order valence-corrected chi connectivity index (χ0v) is 15.5. The van der Waals surface area contributed by atoms with Crippen LogP contribution in [-0.4, -0.2) is 22.8 Å². The number of benzene rings is 2. The Balaban J connectivity index is 1.85. The molecule has 0 unspecified atom stereocenters. The van der Waals surface area contributed by atoms with E-state index < -0.39 is 5.97 Å². The molecule has 0 atom stereocenters. The molecule has 3 rings (SSSR count). The fourth-order valence-electron chi connectivity index (χ4n) is 2.27. The molecule has 0 radical (unpaired) electrons. The maximum atomic E-state index is 12.3. The molecule has 1 N–H and O–H groups in total. The Morgan fingerprint density at radius 2 is 1.96 bits per heavy atom. The van der Waals surface area contributed by atoms with E-state index in [9.17, 15) is 9.59 Å². The lowest BCUT2D eigenvalue weighted by atomic mass is 10.1. The van der Waals surface area contributed by atoms with E-state index in [2.05, 4.69) is 5.32 Å². The van der Waals surface area contributed by atoms with Crippen LogP contribution >= 0.6 is 24.0 Å². The van der Waals surface area contributed by atoms with Gasteiger partial charge in [-0.25, -0.2) is 4.79 Å². The second-order valence-corrected chi connectivity index (χ2v) is 6.97. The third kappa shape index (κ3) is 4.30. The molecule has 0 saturated carbocycles. The summed E-state index contributed by atoms with van der Waals surface area (Å²) in [6, 6.07) is 13.8. The minimum absolute atomic E-state index is 0.224. The van der Waals surface area contributed by atoms with Crippen molar-refractivity contribution in [3.63, 3.8) is 0 Å². The third-order valence-electron chi connectivity index (χ3n) is 3.42. The Morgan fingerprint density at radius 3 is 2.62 bits per heavy atom. The van der Waals surface area contributed by atoms with Crippen LogP contribution in [0, 0.1) is 0 Å². The molecule has 1 aliphatic heterocycles. The van der Waals surface area contributed by atoms with E-state index in [0.717, 1.165) is 5.56 Å². The van der Waals surface area contributed by atoms with Gasteiger partial charge < -0.3 is 14.8 Å². The minimum atomic E-state index is -0.464. The Hall–Kier alpha value is -2.64. The predicted octanol–water partition coefficient (Wildman–Crippen LogP) is 3.79. The molecule has 7 heteroatoms. The molecule has 2 aromatic carbocycles. The summed E-state index contributed by atoms with van der Waals surface area (Å²) in [5, 5.41) is 2.57. The van der Waals surface area contributed by atoms with Crippen molar-refractivity contribution in [1.29, 1.82) is 0 Å². The maximum Gasteiger partial charge on any atom is 0.343 e. The number of carbonyl (C=O) groups is 2. The number of carbonyl (C=O) groups excluding carboxylic acids is 2. The molecule has 0 aromatic heterocycles. The summed E-state index contributed by atoms with van der Waals surface area (Å²) >= 11 is 6.19. The van der Waals surface area contributed by atoms with Crippen LogP contribution in [0.4, 0.5) is 0 Å². The van der Waals surface area contributed by atoms with Crippen molar-refractivity contribution < 1.29 is 19.1 Å². The summed E-state index contributed by atoms with van der Waals surface area (Å²) in [4.78, 5) is 24.5. The molecule has 5 nitrogen and oxygen atoms in total. The van der Waals surface area contributed by atoms with Crippen LogP contribution in [0.5, 0.6) is 11.5 Å². The molecule has 1 fully saturated rings. The molecule has 0 bridgehead atoms. The van der Waals surface area contributed by atoms with Gasteiger partial charge in [-0.1, -0.05) is 48.2 Å². The Labute approximate surface area is 160 Å². The van der Waals surface area contributed by atoms with Crippen LogP contribution in [0.2, 0.25) is 0 Å². The van der Waals surface area contributed by atoms with Crippen molar-refractivity contribution in [3.05, 3.63) is 64.6 Å². The van der Waals surface area contributed by atoms with Crippen LogP contribution in [0.1, 0.15) is 22.8 Å². The van der Waals surface area contributed by atoms with Gasteiger partial charge in [0.05, 0.1) is 17.1 Å². The molecule has 132 valence electrons. The summed E-state index contributed by atoms with van der Waals surface area (Å²) in [6.45, 7) is 2.25. The fourth-order valence-corrected chi connectivity index (χ4v) is 3.32. The van der Waals surface area contributed by atoms with Gasteiger partial charge >= 0.3 is 5.97 Å². The largest absolute Gasteiger partial charge is 0.490 e. The van der Waals surface area contributed by atoms with Gasteiger partial charge in [0, 0.05) is 0 Å². The topological polar surface area (TPSA) is 64.6 Å². The smallest absolute Gasteiger partial charge is 0.343 e. The van der Waals surface area contributed by atoms with Crippen molar-refractivity contribution in [2.24, 2.45) is 0 Å². The SMILES string of the molecule is CCOc1cc(C=C2SC(=S)NC2=O)ccc1OC(=O)c1ccccc1. The van der Waals surface area contributed by atoms with E-state index in [1.165, 1.54) is 11.8 Å². The third-order valence-corrected chi connectivity index (χ3v) is 4.58. The van der Waals surface area contributed by atoms with Crippen LogP contribution in [-0.2, 0) is 4.79 Å². The molecule has 1 heterocycles. The Kier molecular flexibility index (Phi) is 5.70. The molecule has 0 aliphatic carbocycles. The van der Waals surface area contributed by atoms with E-state index >= 15 is 0 Å². The van der Waals surface area contributed by atoms with E-state index in [1.807, 2.05) is 13.0 Å². The van der Waals surface area contributed by atoms with E-state index in [0.29, 0.717) is 32.9 Å². The standard InChI is InChI=1S/C19H15NO4S2/c1-2-23-15-10-12(11-16-17(21)20-19(25)26-16)8-9-14(15)24-18(22)13-6-4-3-5-7-13/h3-11H,2H2,1H3,(H,20,21,25). The zero-order chi connectivity index (χ0) is 18.5. The number of nitrogens with one attached hydrogen (secondary N) is 1. The molecular formula is C19H15NO4S2. The lowest BCUT2D eigenvalue weighted by molar-refractivity contribution is -0.115. The van der Waals surface area contributed by atoms with Crippen molar-refractivity contribution in [1.82, 2.24) is 5.32 Å². The van der Waals surface area contributed by atoms with E-state index in [1.54, 1.807) is 48.5 Å². The van der Waals surface area contributed by atoms with Gasteiger partial charge in [-0.05, 0) is 42.8 Å². The summed E-state index contributed by atoms with van der Waals surface area (Å²) in [5.41, 5.74) is 1.20. The van der Waals surface area contributed by atoms with Gasteiger partial charge in [0.25, 0.3) is 5.91 Å². The predicted molar refractivity (Wildman–Crippen MR) is 105 cm³/mol. The van der Waals surface area contributed by atoms with Crippen molar-refractivity contribution in [2.75, 3.05) is 6.61 Å². The number of thioether (sulfide) groups is 1.